The van der Waals surface area contributed by atoms with E-state index < -0.39 is 0 Å². The monoisotopic (exact) mass is 485 g/mol. The number of carbonyl (C=O) groups excluding carboxylic acids is 1. The molecule has 0 aliphatic carbocycles. The van der Waals surface area contributed by atoms with Gasteiger partial charge in [-0.1, -0.05) is 0 Å². The summed E-state index contributed by atoms with van der Waals surface area (Å²) < 4.78 is 10.5. The van der Waals surface area contributed by atoms with E-state index in [0.717, 1.165) is 5.69 Å². The normalized spacial score (nSPS) is 10.4. The van der Waals surface area contributed by atoms with Crippen molar-refractivity contribution in [3.63, 3.8) is 0 Å². The summed E-state index contributed by atoms with van der Waals surface area (Å²) in [7, 11) is 4.84. The first-order valence-electron chi connectivity index (χ1n) is 8.06. The number of nitrogens with zero attached hydrogens (tertiary/aromatic N) is 2. The molecule has 0 bridgehead atoms. The number of pyridine rings is 1. The quantitative estimate of drug-likeness (QED) is 0.241. The molecule has 1 amide bonds. The fraction of sp³-hybridized carbons (Fsp3) is 0.278. The minimum Gasteiger partial charge on any atom is -0.493 e. The molecule has 0 atom stereocenters. The van der Waals surface area contributed by atoms with Crippen LogP contribution in [0.3, 0.4) is 0 Å². The van der Waals surface area contributed by atoms with E-state index in [-0.39, 0.29) is 29.9 Å². The Hall–Kier alpha value is -2.56. The summed E-state index contributed by atoms with van der Waals surface area (Å²) in [6.45, 7) is 0.958. The van der Waals surface area contributed by atoms with E-state index in [4.69, 9.17) is 9.47 Å². The SMILES string of the molecule is CN=C(NCCNC(=O)c1cccnc1)Nc1ccc(OC)c(OC)c1.I. The maximum Gasteiger partial charge on any atom is 0.252 e. The summed E-state index contributed by atoms with van der Waals surface area (Å²) >= 11 is 0. The number of hydrogen-bond donors (Lipinski definition) is 3. The Labute approximate surface area is 175 Å². The van der Waals surface area contributed by atoms with E-state index >= 15 is 0 Å². The van der Waals surface area contributed by atoms with Crippen LogP contribution in [0.1, 0.15) is 10.4 Å². The van der Waals surface area contributed by atoms with Crippen molar-refractivity contribution in [2.75, 3.05) is 39.7 Å². The lowest BCUT2D eigenvalue weighted by molar-refractivity contribution is 0.0954. The molecule has 0 radical (unpaired) electrons. The lowest BCUT2D eigenvalue weighted by Gasteiger charge is -2.14. The molecule has 0 aliphatic heterocycles. The summed E-state index contributed by atoms with van der Waals surface area (Å²) in [5, 5.41) is 9.10. The maximum absolute atomic E-state index is 11.9. The zero-order valence-corrected chi connectivity index (χ0v) is 17.8. The largest absolute Gasteiger partial charge is 0.493 e. The van der Waals surface area contributed by atoms with Crippen LogP contribution in [0.5, 0.6) is 11.5 Å². The van der Waals surface area contributed by atoms with Crippen LogP contribution in [-0.4, -0.2) is 51.2 Å². The highest BCUT2D eigenvalue weighted by molar-refractivity contribution is 14.0. The van der Waals surface area contributed by atoms with Crippen LogP contribution < -0.4 is 25.4 Å². The average molecular weight is 485 g/mol. The number of aliphatic imine (C=N–C) groups is 1. The first kappa shape index (κ1) is 22.5. The fourth-order valence-corrected chi connectivity index (χ4v) is 2.19. The van der Waals surface area contributed by atoms with Crippen molar-refractivity contribution in [1.82, 2.24) is 15.6 Å². The number of carbonyl (C=O) groups is 1. The molecule has 1 aromatic carbocycles. The van der Waals surface area contributed by atoms with E-state index in [2.05, 4.69) is 25.9 Å². The average Bonchev–Trinajstić information content (AvgIpc) is 2.70. The minimum atomic E-state index is -0.164. The van der Waals surface area contributed by atoms with Gasteiger partial charge in [0.15, 0.2) is 17.5 Å². The number of amides is 1. The predicted octanol–water partition coefficient (Wildman–Crippen LogP) is 2.13. The Bertz CT molecular complexity index is 756. The summed E-state index contributed by atoms with van der Waals surface area (Å²) in [5.74, 6) is 1.69. The third-order valence-electron chi connectivity index (χ3n) is 3.50. The number of nitrogens with one attached hydrogen (secondary N) is 3. The van der Waals surface area contributed by atoms with E-state index in [1.165, 1.54) is 6.20 Å². The molecule has 9 heteroatoms. The fourth-order valence-electron chi connectivity index (χ4n) is 2.19. The topological polar surface area (TPSA) is 96.9 Å². The summed E-state index contributed by atoms with van der Waals surface area (Å²) in [4.78, 5) is 20.0. The van der Waals surface area contributed by atoms with Gasteiger partial charge in [0.1, 0.15) is 0 Å². The predicted molar refractivity (Wildman–Crippen MR) is 117 cm³/mol. The second kappa shape index (κ2) is 11.9. The summed E-state index contributed by atoms with van der Waals surface area (Å²) in [6, 6.07) is 8.92. The first-order valence-corrected chi connectivity index (χ1v) is 8.06. The highest BCUT2D eigenvalue weighted by Gasteiger charge is 2.07. The minimum absolute atomic E-state index is 0. The summed E-state index contributed by atoms with van der Waals surface area (Å²) in [6.07, 6.45) is 3.16. The molecule has 27 heavy (non-hydrogen) atoms. The highest BCUT2D eigenvalue weighted by atomic mass is 127. The molecule has 0 aliphatic rings. The first-order chi connectivity index (χ1) is 12.7. The number of benzene rings is 1. The highest BCUT2D eigenvalue weighted by Crippen LogP contribution is 2.29. The van der Waals surface area contributed by atoms with Crippen molar-refractivity contribution in [1.29, 1.82) is 0 Å². The smallest absolute Gasteiger partial charge is 0.252 e. The molecule has 2 rings (SSSR count). The Morgan fingerprint density at radius 3 is 2.48 bits per heavy atom. The van der Waals surface area contributed by atoms with Crippen molar-refractivity contribution in [3.05, 3.63) is 48.3 Å². The number of aromatic nitrogens is 1. The maximum atomic E-state index is 11.9. The molecule has 1 heterocycles. The molecule has 8 nitrogen and oxygen atoms in total. The second-order valence-corrected chi connectivity index (χ2v) is 5.19. The van der Waals surface area contributed by atoms with Crippen molar-refractivity contribution in [2.45, 2.75) is 0 Å². The molecule has 0 saturated carbocycles. The third-order valence-corrected chi connectivity index (χ3v) is 3.50. The molecular weight excluding hydrogens is 461 g/mol. The molecule has 0 saturated heterocycles. The van der Waals surface area contributed by atoms with E-state index in [1.807, 2.05) is 18.2 Å². The summed E-state index contributed by atoms with van der Waals surface area (Å²) in [5.41, 5.74) is 1.33. The molecule has 146 valence electrons. The van der Waals surface area contributed by atoms with Gasteiger partial charge in [-0.3, -0.25) is 14.8 Å². The van der Waals surface area contributed by atoms with Crippen molar-refractivity contribution < 1.29 is 14.3 Å². The van der Waals surface area contributed by atoms with Gasteiger partial charge in [-0.15, -0.1) is 24.0 Å². The van der Waals surface area contributed by atoms with Crippen molar-refractivity contribution in [3.8, 4) is 11.5 Å². The third kappa shape index (κ3) is 6.93. The number of guanidine groups is 1. The van der Waals surface area contributed by atoms with Crippen molar-refractivity contribution >= 4 is 41.5 Å². The van der Waals surface area contributed by atoms with Crippen LogP contribution in [0.2, 0.25) is 0 Å². The van der Waals surface area contributed by atoms with E-state index in [0.29, 0.717) is 36.1 Å². The molecular formula is C18H24IN5O3. The van der Waals surface area contributed by atoms with Gasteiger partial charge in [-0.05, 0) is 24.3 Å². The van der Waals surface area contributed by atoms with Gasteiger partial charge in [0, 0.05) is 44.3 Å². The van der Waals surface area contributed by atoms with Crippen LogP contribution in [-0.2, 0) is 0 Å². The molecule has 2 aromatic rings. The number of rotatable bonds is 7. The number of hydrogen-bond acceptors (Lipinski definition) is 5. The van der Waals surface area contributed by atoms with E-state index in [9.17, 15) is 4.79 Å². The zero-order chi connectivity index (χ0) is 18.8. The number of methoxy groups -OCH3 is 2. The van der Waals surface area contributed by atoms with Gasteiger partial charge in [-0.25, -0.2) is 0 Å². The van der Waals surface area contributed by atoms with Gasteiger partial charge < -0.3 is 25.4 Å². The zero-order valence-electron chi connectivity index (χ0n) is 15.5. The van der Waals surface area contributed by atoms with Crippen LogP contribution in [0, 0.1) is 0 Å². The van der Waals surface area contributed by atoms with Gasteiger partial charge in [0.2, 0.25) is 0 Å². The molecule has 1 aromatic heterocycles. The second-order valence-electron chi connectivity index (χ2n) is 5.19. The van der Waals surface area contributed by atoms with Gasteiger partial charge in [-0.2, -0.15) is 0 Å². The lowest BCUT2D eigenvalue weighted by Crippen LogP contribution is -2.37. The Morgan fingerprint density at radius 2 is 1.85 bits per heavy atom. The van der Waals surface area contributed by atoms with Gasteiger partial charge in [0.25, 0.3) is 5.91 Å². The lowest BCUT2D eigenvalue weighted by atomic mass is 10.2. The molecule has 0 fully saturated rings. The van der Waals surface area contributed by atoms with Crippen molar-refractivity contribution in [2.24, 2.45) is 4.99 Å². The Kier molecular flexibility index (Phi) is 9.94. The molecule has 3 N–H and O–H groups in total. The molecule has 0 spiro atoms. The van der Waals surface area contributed by atoms with Crippen LogP contribution in [0.25, 0.3) is 0 Å². The van der Waals surface area contributed by atoms with Gasteiger partial charge >= 0.3 is 0 Å². The van der Waals surface area contributed by atoms with E-state index in [1.54, 1.807) is 39.6 Å². The van der Waals surface area contributed by atoms with Crippen LogP contribution in [0.4, 0.5) is 5.69 Å². The standard InChI is InChI=1S/C18H23N5O3.HI/c1-19-18(23-14-6-7-15(25-2)16(11-14)26-3)22-10-9-21-17(24)13-5-4-8-20-12-13;/h4-8,11-12H,9-10H2,1-3H3,(H,21,24)(H2,19,22,23);1H. The van der Waals surface area contributed by atoms with Gasteiger partial charge in [0.05, 0.1) is 19.8 Å². The number of anilines is 1. The number of ether oxygens (including phenoxy) is 2. The number of halogens is 1. The van der Waals surface area contributed by atoms with Crippen LogP contribution in [0.15, 0.2) is 47.7 Å². The Balaban J connectivity index is 0.00000364. The Morgan fingerprint density at radius 1 is 1.11 bits per heavy atom. The van der Waals surface area contributed by atoms with Crippen LogP contribution >= 0.6 is 24.0 Å². The molecule has 0 unspecified atom stereocenters.